The van der Waals surface area contributed by atoms with Crippen LogP contribution in [-0.4, -0.2) is 20.4 Å². The normalized spacial score (nSPS) is 11.0. The number of halogens is 1. The number of aromatic amines is 2. The van der Waals surface area contributed by atoms with Gasteiger partial charge in [0.15, 0.2) is 0 Å². The fourth-order valence-electron chi connectivity index (χ4n) is 2.96. The Kier molecular flexibility index (Phi) is 4.40. The smallest absolute Gasteiger partial charge is 0.329 e. The summed E-state index contributed by atoms with van der Waals surface area (Å²) in [5, 5.41) is 2.57. The van der Waals surface area contributed by atoms with Gasteiger partial charge in [0.2, 0.25) is 5.91 Å². The van der Waals surface area contributed by atoms with E-state index in [1.54, 1.807) is 30.3 Å². The molecule has 0 aliphatic heterocycles. The second-order valence-corrected chi connectivity index (χ2v) is 6.11. The van der Waals surface area contributed by atoms with Crippen LogP contribution in [0.3, 0.4) is 0 Å². The van der Waals surface area contributed by atoms with Gasteiger partial charge in [-0.1, -0.05) is 18.2 Å². The summed E-state index contributed by atoms with van der Waals surface area (Å²) in [6.07, 6.45) is 2.92. The van der Waals surface area contributed by atoms with Gasteiger partial charge < -0.3 is 19.7 Å². The van der Waals surface area contributed by atoms with Gasteiger partial charge >= 0.3 is 5.69 Å². The molecule has 1 aromatic carbocycles. The molecule has 4 rings (SSSR count). The maximum atomic E-state index is 14.1. The predicted octanol–water partition coefficient (Wildman–Crippen LogP) is 1.73. The Bertz CT molecular complexity index is 1270. The molecule has 0 atom stereocenters. The van der Waals surface area contributed by atoms with Crippen molar-refractivity contribution in [1.29, 1.82) is 0 Å². The van der Waals surface area contributed by atoms with E-state index in [0.717, 1.165) is 4.57 Å². The number of fused-ring (bicyclic) bond motifs is 1. The fraction of sp³-hybridized carbons (Fsp3) is 0.105. The molecule has 0 unspecified atom stereocenters. The molecule has 3 N–H and O–H groups in total. The number of nitrogens with one attached hydrogen (secondary N) is 3. The average molecular weight is 382 g/mol. The second-order valence-electron chi connectivity index (χ2n) is 6.11. The fourth-order valence-corrected chi connectivity index (χ4v) is 2.96. The van der Waals surface area contributed by atoms with E-state index in [1.807, 2.05) is 0 Å². The summed E-state index contributed by atoms with van der Waals surface area (Å²) in [4.78, 5) is 42.5. The maximum Gasteiger partial charge on any atom is 0.329 e. The summed E-state index contributed by atoms with van der Waals surface area (Å²) in [6, 6.07) is 9.41. The number of rotatable bonds is 5. The molecule has 0 fully saturated rings. The number of furan rings is 1. The SMILES string of the molecule is O=C(Cn1c(=O)[nH]c2c(-c3ccccc3F)c[nH]c2c1=O)NCc1ccco1. The Balaban J connectivity index is 1.66. The molecule has 28 heavy (non-hydrogen) atoms. The van der Waals surface area contributed by atoms with Crippen molar-refractivity contribution in [1.82, 2.24) is 19.9 Å². The van der Waals surface area contributed by atoms with E-state index in [-0.39, 0.29) is 23.1 Å². The number of hydrogen-bond donors (Lipinski definition) is 3. The molecule has 9 heteroatoms. The monoisotopic (exact) mass is 382 g/mol. The molecule has 1 amide bonds. The first-order chi connectivity index (χ1) is 13.5. The Morgan fingerprint density at radius 2 is 1.93 bits per heavy atom. The first-order valence-corrected chi connectivity index (χ1v) is 8.43. The first kappa shape index (κ1) is 17.5. The largest absolute Gasteiger partial charge is 0.467 e. The Morgan fingerprint density at radius 1 is 1.11 bits per heavy atom. The molecule has 0 bridgehead atoms. The zero-order chi connectivity index (χ0) is 19.7. The van der Waals surface area contributed by atoms with Crippen LogP contribution in [0.15, 0.2) is 62.9 Å². The molecular formula is C19H15FN4O4. The van der Waals surface area contributed by atoms with E-state index in [0.29, 0.717) is 11.3 Å². The van der Waals surface area contributed by atoms with Crippen molar-refractivity contribution in [3.05, 3.63) is 81.3 Å². The number of H-pyrrole nitrogens is 2. The standard InChI is InChI=1S/C19H15FN4O4/c20-14-6-2-1-5-12(14)13-9-22-17-16(13)23-19(27)24(18(17)26)10-15(25)21-8-11-4-3-7-28-11/h1-7,9,22H,8,10H2,(H,21,25)(H,23,27). The van der Waals surface area contributed by atoms with Gasteiger partial charge in [0, 0.05) is 17.3 Å². The molecule has 0 aliphatic rings. The topological polar surface area (TPSA) is 113 Å². The highest BCUT2D eigenvalue weighted by Gasteiger charge is 2.17. The third-order valence-corrected chi connectivity index (χ3v) is 4.32. The highest BCUT2D eigenvalue weighted by atomic mass is 19.1. The minimum atomic E-state index is -0.761. The molecule has 142 valence electrons. The lowest BCUT2D eigenvalue weighted by Crippen LogP contribution is -2.40. The van der Waals surface area contributed by atoms with Gasteiger partial charge in [-0.2, -0.15) is 0 Å². The highest BCUT2D eigenvalue weighted by molar-refractivity contribution is 5.92. The quantitative estimate of drug-likeness (QED) is 0.488. The number of benzene rings is 1. The number of hydrogen-bond acceptors (Lipinski definition) is 4. The van der Waals surface area contributed by atoms with Crippen molar-refractivity contribution in [2.24, 2.45) is 0 Å². The minimum absolute atomic E-state index is 0.0803. The lowest BCUT2D eigenvalue weighted by atomic mass is 10.1. The molecule has 0 radical (unpaired) electrons. The van der Waals surface area contributed by atoms with Crippen LogP contribution in [0.2, 0.25) is 0 Å². The van der Waals surface area contributed by atoms with E-state index in [9.17, 15) is 18.8 Å². The Morgan fingerprint density at radius 3 is 2.68 bits per heavy atom. The zero-order valence-electron chi connectivity index (χ0n) is 14.5. The third-order valence-electron chi connectivity index (χ3n) is 4.32. The van der Waals surface area contributed by atoms with Crippen molar-refractivity contribution in [2.45, 2.75) is 13.1 Å². The van der Waals surface area contributed by atoms with E-state index in [2.05, 4.69) is 15.3 Å². The van der Waals surface area contributed by atoms with Gasteiger partial charge in [0.25, 0.3) is 5.56 Å². The van der Waals surface area contributed by atoms with Crippen molar-refractivity contribution in [2.75, 3.05) is 0 Å². The molecule has 0 saturated carbocycles. The molecule has 0 spiro atoms. The van der Waals surface area contributed by atoms with Gasteiger partial charge in [0.1, 0.15) is 23.6 Å². The summed E-state index contributed by atoms with van der Waals surface area (Å²) in [6.45, 7) is -0.320. The molecule has 0 saturated heterocycles. The van der Waals surface area contributed by atoms with Crippen molar-refractivity contribution >= 4 is 16.9 Å². The van der Waals surface area contributed by atoms with Crippen LogP contribution < -0.4 is 16.6 Å². The molecule has 0 aliphatic carbocycles. The van der Waals surface area contributed by atoms with Crippen LogP contribution >= 0.6 is 0 Å². The summed E-state index contributed by atoms with van der Waals surface area (Å²) >= 11 is 0. The van der Waals surface area contributed by atoms with Crippen molar-refractivity contribution < 1.29 is 13.6 Å². The van der Waals surface area contributed by atoms with Crippen LogP contribution in [0.25, 0.3) is 22.2 Å². The Hall–Kier alpha value is -3.88. The summed E-state index contributed by atoms with van der Waals surface area (Å²) in [5.41, 5.74) is -0.559. The van der Waals surface area contributed by atoms with Gasteiger partial charge in [-0.25, -0.2) is 13.8 Å². The van der Waals surface area contributed by atoms with Crippen LogP contribution in [-0.2, 0) is 17.9 Å². The second kappa shape index (κ2) is 7.03. The number of aromatic nitrogens is 3. The summed E-state index contributed by atoms with van der Waals surface area (Å²) in [7, 11) is 0. The average Bonchev–Trinajstić information content (AvgIpc) is 3.34. The van der Waals surface area contributed by atoms with Crippen molar-refractivity contribution in [3.8, 4) is 11.1 Å². The van der Waals surface area contributed by atoms with E-state index in [4.69, 9.17) is 4.42 Å². The molecule has 3 heterocycles. The molecule has 3 aromatic heterocycles. The lowest BCUT2D eigenvalue weighted by molar-refractivity contribution is -0.122. The Labute approximate surface area is 156 Å². The number of nitrogens with zero attached hydrogens (tertiary/aromatic N) is 1. The maximum absolute atomic E-state index is 14.1. The number of amides is 1. The third kappa shape index (κ3) is 3.13. The number of carbonyl (C=O) groups is 1. The van der Waals surface area contributed by atoms with E-state index in [1.165, 1.54) is 18.5 Å². The minimum Gasteiger partial charge on any atom is -0.467 e. The number of carbonyl (C=O) groups excluding carboxylic acids is 1. The van der Waals surface area contributed by atoms with E-state index >= 15 is 0 Å². The molecule has 8 nitrogen and oxygen atoms in total. The zero-order valence-corrected chi connectivity index (χ0v) is 14.5. The van der Waals surface area contributed by atoms with Crippen molar-refractivity contribution in [3.63, 3.8) is 0 Å². The predicted molar refractivity (Wildman–Crippen MR) is 99.1 cm³/mol. The van der Waals surface area contributed by atoms with Gasteiger partial charge in [-0.3, -0.25) is 9.59 Å². The van der Waals surface area contributed by atoms with E-state index < -0.39 is 29.5 Å². The van der Waals surface area contributed by atoms with Crippen LogP contribution in [0, 0.1) is 5.82 Å². The van der Waals surface area contributed by atoms with Gasteiger partial charge in [-0.15, -0.1) is 0 Å². The lowest BCUT2D eigenvalue weighted by Gasteiger charge is -2.06. The molecule has 4 aromatic rings. The molecular weight excluding hydrogens is 367 g/mol. The van der Waals surface area contributed by atoms with Crippen LogP contribution in [0.4, 0.5) is 4.39 Å². The van der Waals surface area contributed by atoms with Gasteiger partial charge in [-0.05, 0) is 18.2 Å². The van der Waals surface area contributed by atoms with Crippen LogP contribution in [0.1, 0.15) is 5.76 Å². The van der Waals surface area contributed by atoms with Gasteiger partial charge in [0.05, 0.1) is 18.3 Å². The summed E-state index contributed by atoms with van der Waals surface area (Å²) in [5.74, 6) is -0.459. The first-order valence-electron chi connectivity index (χ1n) is 8.43. The highest BCUT2D eigenvalue weighted by Crippen LogP contribution is 2.27. The summed E-state index contributed by atoms with van der Waals surface area (Å²) < 4.78 is 20.0. The van der Waals surface area contributed by atoms with Crippen LogP contribution in [0.5, 0.6) is 0 Å².